The molecule has 0 bridgehead atoms. The Labute approximate surface area is 130 Å². The molecule has 1 N–H and O–H groups in total. The van der Waals surface area contributed by atoms with Crippen LogP contribution in [0.4, 0.5) is 18.9 Å². The molecule has 0 aliphatic heterocycles. The van der Waals surface area contributed by atoms with Gasteiger partial charge in [-0.05, 0) is 55.6 Å². The molecule has 1 nitrogen and oxygen atoms in total. The Balaban J connectivity index is 2.17. The van der Waals surface area contributed by atoms with Crippen LogP contribution in [0.3, 0.4) is 0 Å². The number of nitrogens with one attached hydrogen (secondary N) is 1. The molecule has 0 radical (unpaired) electrons. The Bertz CT molecular complexity index is 656. The number of aryl methyl sites for hydroxylation is 2. The van der Waals surface area contributed by atoms with Gasteiger partial charge in [-0.2, -0.15) is 13.2 Å². The van der Waals surface area contributed by atoms with Gasteiger partial charge >= 0.3 is 6.18 Å². The van der Waals surface area contributed by atoms with Crippen molar-refractivity contribution >= 4 is 29.2 Å². The summed E-state index contributed by atoms with van der Waals surface area (Å²) in [6.07, 6.45) is -4.45. The average Bonchev–Trinajstić information content (AvgIpc) is 2.38. The molecule has 6 heteroatoms. The zero-order valence-electron chi connectivity index (χ0n) is 11.4. The number of hydrogen-bond donors (Lipinski definition) is 1. The van der Waals surface area contributed by atoms with Crippen LogP contribution in [-0.2, 0) is 6.18 Å². The third-order valence-electron chi connectivity index (χ3n) is 2.90. The fourth-order valence-electron chi connectivity index (χ4n) is 1.83. The second-order valence-corrected chi connectivity index (χ2v) is 5.95. The number of benzene rings is 2. The molecule has 2 aromatic rings. The van der Waals surface area contributed by atoms with Gasteiger partial charge in [0.25, 0.3) is 0 Å². The van der Waals surface area contributed by atoms with E-state index in [0.29, 0.717) is 4.90 Å². The van der Waals surface area contributed by atoms with Crippen molar-refractivity contribution < 1.29 is 13.2 Å². The molecule has 2 aromatic carbocycles. The first kappa shape index (κ1) is 16.0. The van der Waals surface area contributed by atoms with Gasteiger partial charge < -0.3 is 4.72 Å². The minimum atomic E-state index is -4.45. The van der Waals surface area contributed by atoms with E-state index >= 15 is 0 Å². The SMILES string of the molecule is Cc1ccc(NSc2ccc(Cl)c(C(F)(F)F)c2)c(C)c1. The van der Waals surface area contributed by atoms with Crippen LogP contribution in [0.1, 0.15) is 16.7 Å². The van der Waals surface area contributed by atoms with Crippen molar-refractivity contribution in [2.24, 2.45) is 0 Å². The van der Waals surface area contributed by atoms with E-state index in [1.807, 2.05) is 32.0 Å². The second kappa shape index (κ2) is 6.20. The molecule has 0 unspecified atom stereocenters. The van der Waals surface area contributed by atoms with E-state index < -0.39 is 11.7 Å². The minimum Gasteiger partial charge on any atom is -0.325 e. The summed E-state index contributed by atoms with van der Waals surface area (Å²) in [7, 11) is 0. The van der Waals surface area contributed by atoms with Crippen molar-refractivity contribution in [2.45, 2.75) is 24.9 Å². The Morgan fingerprint density at radius 3 is 2.38 bits per heavy atom. The van der Waals surface area contributed by atoms with Crippen LogP contribution in [0.15, 0.2) is 41.3 Å². The lowest BCUT2D eigenvalue weighted by molar-refractivity contribution is -0.137. The monoisotopic (exact) mass is 331 g/mol. The van der Waals surface area contributed by atoms with Gasteiger partial charge in [-0.15, -0.1) is 0 Å². The highest BCUT2D eigenvalue weighted by Gasteiger charge is 2.33. The molecule has 0 aliphatic carbocycles. The first-order valence-electron chi connectivity index (χ1n) is 6.14. The van der Waals surface area contributed by atoms with E-state index in [1.165, 1.54) is 6.07 Å². The van der Waals surface area contributed by atoms with Crippen molar-refractivity contribution in [3.63, 3.8) is 0 Å². The summed E-state index contributed by atoms with van der Waals surface area (Å²) in [5.41, 5.74) is 2.21. The van der Waals surface area contributed by atoms with Crippen molar-refractivity contribution in [2.75, 3.05) is 4.72 Å². The Morgan fingerprint density at radius 1 is 1.05 bits per heavy atom. The molecule has 0 amide bonds. The van der Waals surface area contributed by atoms with E-state index in [-0.39, 0.29) is 5.02 Å². The summed E-state index contributed by atoms with van der Waals surface area (Å²) in [5, 5.41) is -0.293. The van der Waals surface area contributed by atoms with E-state index in [9.17, 15) is 13.2 Å². The topological polar surface area (TPSA) is 12.0 Å². The third-order valence-corrected chi connectivity index (χ3v) is 4.05. The van der Waals surface area contributed by atoms with Gasteiger partial charge in [0.05, 0.1) is 10.6 Å². The molecule has 0 aliphatic rings. The maximum atomic E-state index is 12.8. The van der Waals surface area contributed by atoms with Gasteiger partial charge in [0.1, 0.15) is 0 Å². The standard InChI is InChI=1S/C15H13ClF3NS/c1-9-3-6-14(10(2)7-9)20-21-11-4-5-13(16)12(8-11)15(17,18)19/h3-8,20H,1-2H3. The summed E-state index contributed by atoms with van der Waals surface area (Å²) in [5.74, 6) is 0. The molecule has 0 spiro atoms. The zero-order chi connectivity index (χ0) is 15.6. The maximum absolute atomic E-state index is 12.8. The lowest BCUT2D eigenvalue weighted by Crippen LogP contribution is -2.06. The summed E-state index contributed by atoms with van der Waals surface area (Å²) in [6, 6.07) is 9.71. The van der Waals surface area contributed by atoms with Gasteiger partial charge in [0.2, 0.25) is 0 Å². The van der Waals surface area contributed by atoms with Crippen LogP contribution in [0, 0.1) is 13.8 Å². The van der Waals surface area contributed by atoms with Crippen molar-refractivity contribution in [3.8, 4) is 0 Å². The summed E-state index contributed by atoms with van der Waals surface area (Å²) < 4.78 is 41.4. The van der Waals surface area contributed by atoms with Crippen LogP contribution in [0.25, 0.3) is 0 Å². The first-order valence-corrected chi connectivity index (χ1v) is 7.33. The number of alkyl halides is 3. The van der Waals surface area contributed by atoms with E-state index in [2.05, 4.69) is 4.72 Å². The van der Waals surface area contributed by atoms with Crippen molar-refractivity contribution in [3.05, 3.63) is 58.1 Å². The quantitative estimate of drug-likeness (QED) is 0.682. The fourth-order valence-corrected chi connectivity index (χ4v) is 2.82. The molecular weight excluding hydrogens is 319 g/mol. The van der Waals surface area contributed by atoms with Gasteiger partial charge in [0, 0.05) is 10.6 Å². The molecule has 0 heterocycles. The number of anilines is 1. The Hall–Kier alpha value is -1.33. The maximum Gasteiger partial charge on any atom is 0.417 e. The van der Waals surface area contributed by atoms with E-state index in [1.54, 1.807) is 6.07 Å². The Kier molecular flexibility index (Phi) is 4.74. The highest BCUT2D eigenvalue weighted by molar-refractivity contribution is 8.00. The number of hydrogen-bond acceptors (Lipinski definition) is 2. The summed E-state index contributed by atoms with van der Waals surface area (Å²) in [6.45, 7) is 3.93. The second-order valence-electron chi connectivity index (χ2n) is 4.66. The van der Waals surface area contributed by atoms with Gasteiger partial charge in [0.15, 0.2) is 0 Å². The lowest BCUT2D eigenvalue weighted by atomic mass is 10.1. The van der Waals surface area contributed by atoms with Crippen LogP contribution < -0.4 is 4.72 Å². The molecule has 0 fully saturated rings. The van der Waals surface area contributed by atoms with Gasteiger partial charge in [-0.3, -0.25) is 0 Å². The predicted octanol–water partition coefficient (Wildman–Crippen LogP) is 6.09. The summed E-state index contributed by atoms with van der Waals surface area (Å²) in [4.78, 5) is 0.451. The molecule has 0 aromatic heterocycles. The lowest BCUT2D eigenvalue weighted by Gasteiger charge is -2.12. The molecule has 112 valence electrons. The molecule has 0 saturated carbocycles. The van der Waals surface area contributed by atoms with Crippen LogP contribution in [0.2, 0.25) is 5.02 Å². The van der Waals surface area contributed by atoms with Crippen LogP contribution in [-0.4, -0.2) is 0 Å². The molecule has 2 rings (SSSR count). The smallest absolute Gasteiger partial charge is 0.325 e. The van der Waals surface area contributed by atoms with Crippen molar-refractivity contribution in [1.82, 2.24) is 0 Å². The molecule has 0 saturated heterocycles. The minimum absolute atomic E-state index is 0.293. The largest absolute Gasteiger partial charge is 0.417 e. The molecular formula is C15H13ClF3NS. The highest BCUT2D eigenvalue weighted by atomic mass is 35.5. The molecule has 0 atom stereocenters. The average molecular weight is 332 g/mol. The van der Waals surface area contributed by atoms with E-state index in [4.69, 9.17) is 11.6 Å². The van der Waals surface area contributed by atoms with Gasteiger partial charge in [-0.25, -0.2) is 0 Å². The van der Waals surface area contributed by atoms with Crippen LogP contribution >= 0.6 is 23.5 Å². The van der Waals surface area contributed by atoms with Crippen molar-refractivity contribution in [1.29, 1.82) is 0 Å². The van der Waals surface area contributed by atoms with Crippen LogP contribution in [0.5, 0.6) is 0 Å². The molecule has 21 heavy (non-hydrogen) atoms. The highest BCUT2D eigenvalue weighted by Crippen LogP contribution is 2.37. The van der Waals surface area contributed by atoms with E-state index in [0.717, 1.165) is 34.8 Å². The fraction of sp³-hybridized carbons (Fsp3) is 0.200. The zero-order valence-corrected chi connectivity index (χ0v) is 13.0. The number of rotatable bonds is 3. The predicted molar refractivity (Wildman–Crippen MR) is 81.8 cm³/mol. The number of halogens is 4. The summed E-state index contributed by atoms with van der Waals surface area (Å²) >= 11 is 6.71. The first-order chi connectivity index (χ1) is 9.77. The Morgan fingerprint density at radius 2 is 1.76 bits per heavy atom. The van der Waals surface area contributed by atoms with Gasteiger partial charge in [-0.1, -0.05) is 29.3 Å². The normalized spacial score (nSPS) is 11.5. The third kappa shape index (κ3) is 4.08.